The van der Waals surface area contributed by atoms with Gasteiger partial charge in [0.05, 0.1) is 5.69 Å². The number of fused-ring (bicyclic) bond motifs is 1. The quantitative estimate of drug-likeness (QED) is 0.673. The highest BCUT2D eigenvalue weighted by Crippen LogP contribution is 2.42. The van der Waals surface area contributed by atoms with E-state index in [9.17, 15) is 13.2 Å². The van der Waals surface area contributed by atoms with Crippen LogP contribution < -0.4 is 14.8 Å². The van der Waals surface area contributed by atoms with Crippen molar-refractivity contribution in [3.63, 3.8) is 0 Å². The number of primary sulfonamides is 1. The number of aryl methyl sites for hydroxylation is 1. The third-order valence-corrected chi connectivity index (χ3v) is 8.03. The summed E-state index contributed by atoms with van der Waals surface area (Å²) in [4.78, 5) is 14.6. The van der Waals surface area contributed by atoms with E-state index in [0.29, 0.717) is 11.6 Å². The Kier molecular flexibility index (Phi) is 6.60. The van der Waals surface area contributed by atoms with E-state index >= 15 is 0 Å². The fraction of sp³-hybridized carbons (Fsp3) is 0.560. The SMILES string of the molecule is CCc1cc(-c2cc(S(N)(=O)=O)c(C)n2CC2CCCCC2)cc2c1OCC(=O)N2C(C)C. The van der Waals surface area contributed by atoms with Gasteiger partial charge in [0.15, 0.2) is 6.61 Å². The summed E-state index contributed by atoms with van der Waals surface area (Å²) in [6, 6.07) is 5.70. The van der Waals surface area contributed by atoms with Crippen molar-refractivity contribution in [2.75, 3.05) is 11.5 Å². The molecule has 0 saturated heterocycles. The van der Waals surface area contributed by atoms with Crippen LogP contribution in [0.4, 0.5) is 5.69 Å². The van der Waals surface area contributed by atoms with Gasteiger partial charge >= 0.3 is 0 Å². The molecule has 1 aliphatic carbocycles. The lowest BCUT2D eigenvalue weighted by Crippen LogP contribution is -2.43. The maximum Gasteiger partial charge on any atom is 0.265 e. The average molecular weight is 474 g/mol. The van der Waals surface area contributed by atoms with Gasteiger partial charge in [-0.1, -0.05) is 26.2 Å². The van der Waals surface area contributed by atoms with Crippen molar-refractivity contribution in [3.8, 4) is 17.0 Å². The third kappa shape index (κ3) is 4.55. The Balaban J connectivity index is 1.90. The molecule has 1 aromatic carbocycles. The van der Waals surface area contributed by atoms with Gasteiger partial charge in [-0.25, -0.2) is 13.6 Å². The zero-order chi connectivity index (χ0) is 23.9. The Hall–Kier alpha value is -2.32. The predicted molar refractivity (Wildman–Crippen MR) is 130 cm³/mol. The van der Waals surface area contributed by atoms with Crippen LogP contribution in [0.2, 0.25) is 0 Å². The standard InChI is InChI=1S/C25H35N3O4S/c1-5-19-11-20(12-22-25(19)32-15-24(29)28(22)16(2)3)21-13-23(33(26,30)31)17(4)27(21)14-18-9-7-6-8-10-18/h11-13,16,18H,5-10,14-15H2,1-4H3,(H2,26,30,31). The summed E-state index contributed by atoms with van der Waals surface area (Å²) in [5.74, 6) is 1.18. The molecule has 1 aliphatic heterocycles. The zero-order valence-electron chi connectivity index (χ0n) is 20.1. The summed E-state index contributed by atoms with van der Waals surface area (Å²) in [5.41, 5.74) is 4.11. The minimum absolute atomic E-state index is 0.0177. The summed E-state index contributed by atoms with van der Waals surface area (Å²) in [6.07, 6.45) is 6.72. The number of anilines is 1. The van der Waals surface area contributed by atoms with Crippen LogP contribution in [0, 0.1) is 12.8 Å². The summed E-state index contributed by atoms with van der Waals surface area (Å²) in [7, 11) is -3.86. The van der Waals surface area contributed by atoms with Gasteiger partial charge in [0.25, 0.3) is 5.91 Å². The second-order valence-corrected chi connectivity index (χ2v) is 11.2. The lowest BCUT2D eigenvalue weighted by atomic mass is 9.89. The minimum atomic E-state index is -3.86. The van der Waals surface area contributed by atoms with Gasteiger partial charge in [0, 0.05) is 29.5 Å². The van der Waals surface area contributed by atoms with Gasteiger partial charge in [0.2, 0.25) is 10.0 Å². The first-order valence-corrected chi connectivity index (χ1v) is 13.5. The summed E-state index contributed by atoms with van der Waals surface area (Å²) < 4.78 is 32.7. The number of ether oxygens (including phenoxy) is 1. The highest BCUT2D eigenvalue weighted by Gasteiger charge is 2.31. The molecule has 2 aliphatic rings. The van der Waals surface area contributed by atoms with E-state index < -0.39 is 10.0 Å². The normalized spacial score (nSPS) is 17.4. The van der Waals surface area contributed by atoms with Crippen LogP contribution in [-0.4, -0.2) is 31.5 Å². The third-order valence-electron chi connectivity index (χ3n) is 7.00. The van der Waals surface area contributed by atoms with Crippen LogP contribution in [0.3, 0.4) is 0 Å². The Morgan fingerprint density at radius 3 is 2.45 bits per heavy atom. The number of sulfonamides is 1. The Morgan fingerprint density at radius 1 is 1.15 bits per heavy atom. The molecular formula is C25H35N3O4S. The van der Waals surface area contributed by atoms with E-state index in [2.05, 4.69) is 17.6 Å². The maximum absolute atomic E-state index is 12.7. The highest BCUT2D eigenvalue weighted by molar-refractivity contribution is 7.89. The molecule has 1 fully saturated rings. The van der Waals surface area contributed by atoms with Crippen molar-refractivity contribution in [1.82, 2.24) is 4.57 Å². The van der Waals surface area contributed by atoms with Crippen LogP contribution in [0.25, 0.3) is 11.3 Å². The van der Waals surface area contributed by atoms with Gasteiger partial charge in [-0.05, 0) is 69.7 Å². The molecule has 0 spiro atoms. The fourth-order valence-electron chi connectivity index (χ4n) is 5.34. The molecule has 2 N–H and O–H groups in total. The average Bonchev–Trinajstić information content (AvgIpc) is 3.09. The monoisotopic (exact) mass is 473 g/mol. The fourth-order valence-corrected chi connectivity index (χ4v) is 6.14. The van der Waals surface area contributed by atoms with Crippen molar-refractivity contribution in [3.05, 3.63) is 29.5 Å². The largest absolute Gasteiger partial charge is 0.481 e. The van der Waals surface area contributed by atoms with Crippen molar-refractivity contribution in [2.45, 2.75) is 83.7 Å². The number of hydrogen-bond donors (Lipinski definition) is 1. The van der Waals surface area contributed by atoms with E-state index in [1.54, 1.807) is 11.0 Å². The Labute approximate surface area is 197 Å². The van der Waals surface area contributed by atoms with Crippen LogP contribution in [0.1, 0.15) is 64.1 Å². The highest BCUT2D eigenvalue weighted by atomic mass is 32.2. The molecule has 4 rings (SSSR count). The number of nitrogens with two attached hydrogens (primary N) is 1. The predicted octanol–water partition coefficient (Wildman–Crippen LogP) is 4.39. The van der Waals surface area contributed by atoms with Crippen molar-refractivity contribution < 1.29 is 17.9 Å². The van der Waals surface area contributed by atoms with Crippen LogP contribution >= 0.6 is 0 Å². The second kappa shape index (κ2) is 9.14. The molecular weight excluding hydrogens is 438 g/mol. The van der Waals surface area contributed by atoms with Gasteiger partial charge in [-0.3, -0.25) is 4.79 Å². The van der Waals surface area contributed by atoms with E-state index in [-0.39, 0.29) is 23.5 Å². The summed E-state index contributed by atoms with van der Waals surface area (Å²) in [6.45, 7) is 8.66. The number of rotatable bonds is 6. The van der Waals surface area contributed by atoms with Gasteiger partial charge < -0.3 is 14.2 Å². The first-order chi connectivity index (χ1) is 15.6. The number of hydrogen-bond acceptors (Lipinski definition) is 4. The molecule has 0 atom stereocenters. The van der Waals surface area contributed by atoms with Crippen LogP contribution in [0.15, 0.2) is 23.1 Å². The van der Waals surface area contributed by atoms with Crippen molar-refractivity contribution >= 4 is 21.6 Å². The number of carbonyl (C=O) groups excluding carboxylic acids is 1. The maximum atomic E-state index is 12.7. The molecule has 7 nitrogen and oxygen atoms in total. The molecule has 180 valence electrons. The van der Waals surface area contributed by atoms with E-state index in [4.69, 9.17) is 9.88 Å². The molecule has 33 heavy (non-hydrogen) atoms. The summed E-state index contributed by atoms with van der Waals surface area (Å²) in [5, 5.41) is 5.58. The first-order valence-electron chi connectivity index (χ1n) is 12.0. The van der Waals surface area contributed by atoms with Gasteiger partial charge in [-0.2, -0.15) is 0 Å². The molecule has 0 radical (unpaired) electrons. The molecule has 2 heterocycles. The lowest BCUT2D eigenvalue weighted by Gasteiger charge is -2.34. The van der Waals surface area contributed by atoms with Gasteiger partial charge in [0.1, 0.15) is 10.6 Å². The number of benzene rings is 1. The molecule has 1 aromatic heterocycles. The van der Waals surface area contributed by atoms with E-state index in [1.807, 2.05) is 26.8 Å². The molecule has 8 heteroatoms. The van der Waals surface area contributed by atoms with Crippen molar-refractivity contribution in [1.29, 1.82) is 0 Å². The van der Waals surface area contributed by atoms with Crippen LogP contribution in [-0.2, 0) is 27.8 Å². The number of amides is 1. The number of nitrogens with zero attached hydrogens (tertiary/aromatic N) is 2. The van der Waals surface area contributed by atoms with Gasteiger partial charge in [-0.15, -0.1) is 0 Å². The molecule has 1 amide bonds. The molecule has 1 saturated carbocycles. The minimum Gasteiger partial charge on any atom is -0.481 e. The second-order valence-electron chi connectivity index (χ2n) is 9.62. The summed E-state index contributed by atoms with van der Waals surface area (Å²) >= 11 is 0. The van der Waals surface area contributed by atoms with Crippen LogP contribution in [0.5, 0.6) is 5.75 Å². The smallest absolute Gasteiger partial charge is 0.265 e. The lowest BCUT2D eigenvalue weighted by molar-refractivity contribution is -0.121. The Bertz CT molecular complexity index is 1160. The molecule has 0 bridgehead atoms. The number of carbonyl (C=O) groups is 1. The Morgan fingerprint density at radius 2 is 1.85 bits per heavy atom. The first kappa shape index (κ1) is 23.8. The molecule has 0 unspecified atom stereocenters. The topological polar surface area (TPSA) is 94.6 Å². The number of aromatic nitrogens is 1. The van der Waals surface area contributed by atoms with E-state index in [1.165, 1.54) is 19.3 Å². The molecule has 2 aromatic rings. The zero-order valence-corrected chi connectivity index (χ0v) is 20.9. The van der Waals surface area contributed by atoms with Crippen molar-refractivity contribution in [2.24, 2.45) is 11.1 Å². The van der Waals surface area contributed by atoms with E-state index in [0.717, 1.165) is 54.1 Å².